The predicted molar refractivity (Wildman–Crippen MR) is 158 cm³/mol. The smallest absolute Gasteiger partial charge is 0.243 e. The van der Waals surface area contributed by atoms with Crippen molar-refractivity contribution in [1.82, 2.24) is 26.6 Å². The molecule has 0 aromatic carbocycles. The van der Waals surface area contributed by atoms with Gasteiger partial charge in [0.2, 0.25) is 29.9 Å². The first-order valence-corrected chi connectivity index (χ1v) is 14.4. The zero-order valence-electron chi connectivity index (χ0n) is 25.2. The quantitative estimate of drug-likeness (QED) is 0.0450. The van der Waals surface area contributed by atoms with E-state index < -0.39 is 53.8 Å². The Kier molecular flexibility index (Phi) is 19.0. The maximum Gasteiger partial charge on any atom is 0.243 e. The highest BCUT2D eigenvalue weighted by Gasteiger charge is 2.32. The molecule has 0 aromatic rings. The second kappa shape index (κ2) is 20.6. The first-order chi connectivity index (χ1) is 19.3. The van der Waals surface area contributed by atoms with Crippen molar-refractivity contribution in [2.24, 2.45) is 29.0 Å². The monoisotopic (exact) mass is 582 g/mol. The van der Waals surface area contributed by atoms with E-state index in [2.05, 4.69) is 26.6 Å². The van der Waals surface area contributed by atoms with E-state index in [1.807, 2.05) is 13.8 Å². The molecule has 0 spiro atoms. The average molecular weight is 583 g/mol. The Labute approximate surface area is 243 Å². The summed E-state index contributed by atoms with van der Waals surface area (Å²) < 4.78 is 0. The van der Waals surface area contributed by atoms with Gasteiger partial charge in [-0.2, -0.15) is 0 Å². The van der Waals surface area contributed by atoms with E-state index in [9.17, 15) is 24.0 Å². The highest BCUT2D eigenvalue weighted by Crippen LogP contribution is 2.10. The molecule has 12 N–H and O–H groups in total. The van der Waals surface area contributed by atoms with Crippen molar-refractivity contribution in [2.75, 3.05) is 13.1 Å². The van der Waals surface area contributed by atoms with Gasteiger partial charge in [-0.1, -0.05) is 34.6 Å². The van der Waals surface area contributed by atoms with Gasteiger partial charge in [0.15, 0.2) is 5.96 Å². The molecule has 0 saturated carbocycles. The molecule has 1 unspecified atom stereocenters. The number of nitrogens with two attached hydrogens (primary N) is 3. The van der Waals surface area contributed by atoms with Gasteiger partial charge in [-0.05, 0) is 63.3 Å². The Morgan fingerprint density at radius 2 is 1.44 bits per heavy atom. The van der Waals surface area contributed by atoms with Crippen LogP contribution >= 0.6 is 0 Å². The average Bonchev–Trinajstić information content (AvgIpc) is 2.90. The van der Waals surface area contributed by atoms with Gasteiger partial charge in [-0.25, -0.2) is 0 Å². The molecule has 14 nitrogen and oxygen atoms in total. The van der Waals surface area contributed by atoms with Gasteiger partial charge in [0.25, 0.3) is 0 Å². The van der Waals surface area contributed by atoms with Crippen molar-refractivity contribution >= 4 is 35.9 Å². The molecular formula is C27H52N9O5. The van der Waals surface area contributed by atoms with E-state index in [0.29, 0.717) is 58.0 Å². The minimum Gasteiger partial charge on any atom is -0.370 e. The molecule has 0 heterocycles. The number of carbonyl (C=O) groups excluding carboxylic acids is 5. The van der Waals surface area contributed by atoms with Crippen molar-refractivity contribution in [2.45, 2.75) is 110 Å². The maximum absolute atomic E-state index is 13.3. The summed E-state index contributed by atoms with van der Waals surface area (Å²) in [6, 6.07) is -4.54. The lowest BCUT2D eigenvalue weighted by Gasteiger charge is -2.28. The van der Waals surface area contributed by atoms with Crippen LogP contribution in [0.4, 0.5) is 0 Å². The van der Waals surface area contributed by atoms with Crippen molar-refractivity contribution in [3.8, 4) is 0 Å². The van der Waals surface area contributed by atoms with Crippen LogP contribution in [0.15, 0.2) is 0 Å². The fourth-order valence-electron chi connectivity index (χ4n) is 3.96. The minimum absolute atomic E-state index is 0.0583. The Morgan fingerprint density at radius 3 is 1.95 bits per heavy atom. The molecule has 0 fully saturated rings. The Morgan fingerprint density at radius 1 is 0.829 bits per heavy atom. The van der Waals surface area contributed by atoms with E-state index in [4.69, 9.17) is 22.6 Å². The molecule has 5 atom stereocenters. The van der Waals surface area contributed by atoms with Gasteiger partial charge in [-0.3, -0.25) is 29.4 Å². The molecule has 1 radical (unpaired) electrons. The molecule has 41 heavy (non-hydrogen) atoms. The Bertz CT molecular complexity index is 853. The number of hydrogen-bond donors (Lipinski definition) is 9. The van der Waals surface area contributed by atoms with Crippen LogP contribution in [0, 0.1) is 17.2 Å². The van der Waals surface area contributed by atoms with Gasteiger partial charge in [-0.15, -0.1) is 0 Å². The number of amides is 4. The summed E-state index contributed by atoms with van der Waals surface area (Å²) in [6.45, 7) is 9.84. The van der Waals surface area contributed by atoms with Gasteiger partial charge in [0, 0.05) is 6.54 Å². The van der Waals surface area contributed by atoms with Crippen LogP contribution in [0.5, 0.6) is 0 Å². The standard InChI is InChI=1S/C27H52N9O5/c1-6-18(15-37)33-25(40)21(14-16(2)3)35-26(41)22(17(4)5)36-24(39)20(11-7-8-12-28)34-23(38)19(29)10-9-13-32-27(30)31/h16-22H,6-14,28-29H2,1-5H3,(H,33,40)(H,34,38)(H,35,41)(H,36,39)(H4,30,31,32)/t18?,19-,20-,21-,22-/m0/s1. The molecule has 0 rings (SSSR count). The first-order valence-electron chi connectivity index (χ1n) is 14.4. The molecule has 4 amide bonds. The molecule has 14 heteroatoms. The van der Waals surface area contributed by atoms with Crippen molar-refractivity contribution in [3.63, 3.8) is 0 Å². The number of carbonyl (C=O) groups is 4. The summed E-state index contributed by atoms with van der Waals surface area (Å²) in [6.07, 6.45) is 4.74. The summed E-state index contributed by atoms with van der Waals surface area (Å²) in [5.74, 6) is -2.59. The lowest BCUT2D eigenvalue weighted by molar-refractivity contribution is -0.135. The zero-order chi connectivity index (χ0) is 31.5. The normalized spacial score (nSPS) is 14.8. The van der Waals surface area contributed by atoms with E-state index in [1.54, 1.807) is 27.1 Å². The van der Waals surface area contributed by atoms with Crippen LogP contribution in [0.3, 0.4) is 0 Å². The number of hydrogen-bond acceptors (Lipinski definition) is 8. The highest BCUT2D eigenvalue weighted by molar-refractivity contribution is 5.95. The molecule has 0 aliphatic carbocycles. The van der Waals surface area contributed by atoms with Gasteiger partial charge >= 0.3 is 0 Å². The van der Waals surface area contributed by atoms with Crippen molar-refractivity contribution < 1.29 is 24.0 Å². The van der Waals surface area contributed by atoms with Crippen LogP contribution < -0.4 is 43.8 Å². The molecule has 0 bridgehead atoms. The molecule has 0 aliphatic heterocycles. The third-order valence-electron chi connectivity index (χ3n) is 6.38. The van der Waals surface area contributed by atoms with E-state index in [-0.39, 0.29) is 17.8 Å². The minimum atomic E-state index is -0.996. The van der Waals surface area contributed by atoms with Crippen molar-refractivity contribution in [3.05, 3.63) is 0 Å². The molecule has 0 aliphatic rings. The highest BCUT2D eigenvalue weighted by atomic mass is 16.2. The molecular weight excluding hydrogens is 530 g/mol. The summed E-state index contributed by atoms with van der Waals surface area (Å²) >= 11 is 0. The lowest BCUT2D eigenvalue weighted by atomic mass is 9.99. The maximum atomic E-state index is 13.3. The summed E-state index contributed by atoms with van der Waals surface area (Å²) in [7, 11) is 0. The summed E-state index contributed by atoms with van der Waals surface area (Å²) in [4.78, 5) is 63.3. The van der Waals surface area contributed by atoms with Crippen LogP contribution in [0.2, 0.25) is 0 Å². The Balaban J connectivity index is 5.56. The third-order valence-corrected chi connectivity index (χ3v) is 6.38. The predicted octanol–water partition coefficient (Wildman–Crippen LogP) is -1.13. The SMILES string of the molecule is CCC([C]=O)NC(=O)[C@H](CC(C)C)NC(=O)[C@@H](NC(=O)[C@H](CCCCN)NC(=O)[C@@H](N)CCCNC(=N)N)C(C)C. The zero-order valence-corrected chi connectivity index (χ0v) is 25.2. The second-order valence-corrected chi connectivity index (χ2v) is 10.9. The number of rotatable bonds is 21. The number of guanidine groups is 1. The first kappa shape index (κ1) is 37.7. The summed E-state index contributed by atoms with van der Waals surface area (Å²) in [5, 5.41) is 20.5. The number of nitrogens with one attached hydrogen (secondary N) is 6. The second-order valence-electron chi connectivity index (χ2n) is 10.9. The van der Waals surface area contributed by atoms with Gasteiger partial charge in [0.1, 0.15) is 18.1 Å². The lowest BCUT2D eigenvalue weighted by Crippen LogP contribution is -2.59. The topological polar surface area (TPSA) is 247 Å². The summed E-state index contributed by atoms with van der Waals surface area (Å²) in [5.41, 5.74) is 16.9. The fourth-order valence-corrected chi connectivity index (χ4v) is 3.96. The van der Waals surface area contributed by atoms with E-state index >= 15 is 0 Å². The van der Waals surface area contributed by atoms with E-state index in [1.165, 1.54) is 0 Å². The van der Waals surface area contributed by atoms with Crippen LogP contribution in [0.1, 0.15) is 79.6 Å². The van der Waals surface area contributed by atoms with Crippen LogP contribution in [0.25, 0.3) is 0 Å². The molecule has 0 saturated heterocycles. The van der Waals surface area contributed by atoms with Gasteiger partial charge in [0.05, 0.1) is 12.1 Å². The van der Waals surface area contributed by atoms with Crippen LogP contribution in [-0.4, -0.2) is 79.2 Å². The fraction of sp³-hybridized carbons (Fsp3) is 0.778. The molecule has 0 aromatic heterocycles. The van der Waals surface area contributed by atoms with E-state index in [0.717, 1.165) is 0 Å². The number of unbranched alkanes of at least 4 members (excludes halogenated alkanes) is 1. The van der Waals surface area contributed by atoms with Crippen molar-refractivity contribution in [1.29, 1.82) is 5.41 Å². The Hall–Kier alpha value is -3.26. The molecule has 235 valence electrons. The van der Waals surface area contributed by atoms with Crippen LogP contribution in [-0.2, 0) is 24.0 Å². The third kappa shape index (κ3) is 15.9. The van der Waals surface area contributed by atoms with Gasteiger partial charge < -0.3 is 43.8 Å². The largest absolute Gasteiger partial charge is 0.370 e.